The van der Waals surface area contributed by atoms with Crippen molar-refractivity contribution in [2.75, 3.05) is 13.2 Å². The Morgan fingerprint density at radius 3 is 1.65 bits per heavy atom. The molecule has 156 valence electrons. The molecule has 0 N–H and O–H groups in total. The van der Waals surface area contributed by atoms with Crippen LogP contribution in [0.5, 0.6) is 0 Å². The molecule has 0 spiro atoms. The van der Waals surface area contributed by atoms with Gasteiger partial charge in [-0.05, 0) is 9.62 Å². The number of alkyl halides is 8. The van der Waals surface area contributed by atoms with Gasteiger partial charge in [0.05, 0.1) is 13.2 Å². The quantitative estimate of drug-likeness (QED) is 0.112. The lowest BCUT2D eigenvalue weighted by Crippen LogP contribution is -2.47. The van der Waals surface area contributed by atoms with Crippen molar-refractivity contribution in [3.8, 4) is 0 Å². The zero-order chi connectivity index (χ0) is 20.9. The van der Waals surface area contributed by atoms with Crippen LogP contribution < -0.4 is 0 Å². The van der Waals surface area contributed by atoms with Gasteiger partial charge in [-0.15, -0.1) is 4.33 Å². The molecule has 0 aliphatic heterocycles. The van der Waals surface area contributed by atoms with E-state index in [1.165, 1.54) is 0 Å². The molecule has 0 bridgehead atoms. The number of hydrogen-bond acceptors (Lipinski definition) is 7. The van der Waals surface area contributed by atoms with E-state index in [1.54, 1.807) is 0 Å². The molecule has 0 rings (SSSR count). The summed E-state index contributed by atoms with van der Waals surface area (Å²) in [6.07, 6.45) is -10.5. The van der Waals surface area contributed by atoms with Gasteiger partial charge < -0.3 is 9.47 Å². The molecule has 0 saturated carbocycles. The topological polar surface area (TPSA) is 71.1 Å². The molecule has 0 heterocycles. The highest BCUT2D eigenvalue weighted by molar-refractivity contribution is 7.95. The summed E-state index contributed by atoms with van der Waals surface area (Å²) in [4.78, 5) is 0. The van der Waals surface area contributed by atoms with E-state index in [2.05, 4.69) is 18.9 Å². The van der Waals surface area contributed by atoms with Gasteiger partial charge in [-0.3, -0.25) is 0 Å². The van der Waals surface area contributed by atoms with Gasteiger partial charge in [0.15, 0.2) is 0 Å². The Morgan fingerprint density at radius 1 is 0.846 bits per heavy atom. The van der Waals surface area contributed by atoms with Crippen molar-refractivity contribution < 1.29 is 70.9 Å². The van der Waals surface area contributed by atoms with Gasteiger partial charge in [0, 0.05) is 0 Å². The minimum atomic E-state index is -7.04. The normalized spacial score (nSPS) is 15.0. The minimum absolute atomic E-state index is 0.261. The lowest BCUT2D eigenvalue weighted by molar-refractivity contribution is -0.367. The van der Waals surface area contributed by atoms with Gasteiger partial charge in [-0.1, -0.05) is 16.0 Å². The molecule has 0 aliphatic rings. The summed E-state index contributed by atoms with van der Waals surface area (Å²) < 4.78 is 154. The lowest BCUT2D eigenvalue weighted by Gasteiger charge is -2.23. The van der Waals surface area contributed by atoms with Crippen LogP contribution >= 0.6 is 12.0 Å². The number of ether oxygens (including phenoxy) is 2. The van der Waals surface area contributed by atoms with Crippen molar-refractivity contribution in [3.63, 3.8) is 0 Å². The largest absolute Gasteiger partial charge is 0.464 e. The SMILES string of the molecule is O=S(=O)(F)C(F)(F)C(F)(F)OC/C=C/COC(F)(F)C(F)(F)SOOF. The first-order valence-electron chi connectivity index (χ1n) is 5.53. The van der Waals surface area contributed by atoms with Crippen LogP contribution in [0.4, 0.5) is 43.5 Å². The molecule has 0 atom stereocenters. The molecule has 0 amide bonds. The fourth-order valence-electron chi connectivity index (χ4n) is 0.856. The first-order chi connectivity index (χ1) is 11.5. The lowest BCUT2D eigenvalue weighted by atomic mass is 10.5. The second-order valence-electron chi connectivity index (χ2n) is 3.81. The summed E-state index contributed by atoms with van der Waals surface area (Å²) >= 11 is -1.47. The van der Waals surface area contributed by atoms with Crippen LogP contribution in [0.15, 0.2) is 12.2 Å². The van der Waals surface area contributed by atoms with Crippen molar-refractivity contribution in [2.45, 2.75) is 22.7 Å². The third-order valence-electron chi connectivity index (χ3n) is 2.04. The molecular weight excluding hydrogens is 446 g/mol. The second kappa shape index (κ2) is 8.91. The zero-order valence-electron chi connectivity index (χ0n) is 11.6. The first kappa shape index (κ1) is 25.2. The van der Waals surface area contributed by atoms with Gasteiger partial charge in [-0.2, -0.15) is 43.5 Å². The summed E-state index contributed by atoms with van der Waals surface area (Å²) in [5, 5.41) is -9.22. The standard InChI is InChI=1S/C8H6F10O6S2/c9-5(10,7(13,14)25-24-23-17)21-3-1-2-4-22-6(11,12)8(15,16)26(18,19)20/h1-2H,3-4H2/b2-1+. The molecule has 0 aromatic heterocycles. The molecule has 0 unspecified atom stereocenters. The van der Waals surface area contributed by atoms with Crippen LogP contribution in [0.2, 0.25) is 0 Å². The maximum absolute atomic E-state index is 12.9. The van der Waals surface area contributed by atoms with E-state index in [4.69, 9.17) is 0 Å². The third kappa shape index (κ3) is 6.41. The van der Waals surface area contributed by atoms with Crippen molar-refractivity contribution in [3.05, 3.63) is 12.2 Å². The molecule has 6 nitrogen and oxygen atoms in total. The Bertz CT molecular complexity index is 580. The summed E-state index contributed by atoms with van der Waals surface area (Å²) in [7, 11) is -7.04. The average molecular weight is 452 g/mol. The summed E-state index contributed by atoms with van der Waals surface area (Å²) in [5.41, 5.74) is 0. The Labute approximate surface area is 142 Å². The summed E-state index contributed by atoms with van der Waals surface area (Å²) in [5.74, 6) is 0. The van der Waals surface area contributed by atoms with E-state index in [9.17, 15) is 52.0 Å². The molecule has 0 aromatic carbocycles. The van der Waals surface area contributed by atoms with E-state index in [1.807, 2.05) is 0 Å². The highest BCUT2D eigenvalue weighted by Gasteiger charge is 2.68. The maximum Gasteiger partial charge on any atom is 0.464 e. The van der Waals surface area contributed by atoms with E-state index in [0.717, 1.165) is 0 Å². The Morgan fingerprint density at radius 2 is 1.27 bits per heavy atom. The van der Waals surface area contributed by atoms with E-state index < -0.39 is 58.2 Å². The highest BCUT2D eigenvalue weighted by atomic mass is 32.3. The molecule has 0 radical (unpaired) electrons. The van der Waals surface area contributed by atoms with Crippen molar-refractivity contribution in [1.29, 1.82) is 0 Å². The van der Waals surface area contributed by atoms with Crippen LogP contribution in [-0.4, -0.2) is 44.4 Å². The minimum Gasteiger partial charge on any atom is -0.311 e. The number of rotatable bonds is 12. The van der Waals surface area contributed by atoms with Gasteiger partial charge in [-0.25, -0.2) is 0 Å². The van der Waals surface area contributed by atoms with Crippen LogP contribution in [-0.2, 0) is 29.1 Å². The van der Waals surface area contributed by atoms with Gasteiger partial charge in [0.2, 0.25) is 0 Å². The smallest absolute Gasteiger partial charge is 0.311 e. The van der Waals surface area contributed by atoms with Crippen LogP contribution in [0.3, 0.4) is 0 Å². The van der Waals surface area contributed by atoms with Gasteiger partial charge in [0.25, 0.3) is 0 Å². The zero-order valence-corrected chi connectivity index (χ0v) is 13.2. The fourth-order valence-corrected chi connectivity index (χ4v) is 1.47. The Hall–Kier alpha value is -0.820. The predicted molar refractivity (Wildman–Crippen MR) is 61.7 cm³/mol. The van der Waals surface area contributed by atoms with Crippen molar-refractivity contribution >= 4 is 22.3 Å². The summed E-state index contributed by atoms with van der Waals surface area (Å²) in [6.45, 7) is -3.00. The summed E-state index contributed by atoms with van der Waals surface area (Å²) in [6, 6.07) is 0. The molecule has 0 aliphatic carbocycles. The number of halogens is 10. The second-order valence-corrected chi connectivity index (χ2v) is 6.02. The molecular formula is C8H6F10O6S2. The number of hydrogen-bond donors (Lipinski definition) is 0. The molecule has 0 saturated heterocycles. The van der Waals surface area contributed by atoms with Crippen LogP contribution in [0.25, 0.3) is 0 Å². The average Bonchev–Trinajstić information content (AvgIpc) is 2.47. The molecule has 26 heavy (non-hydrogen) atoms. The highest BCUT2D eigenvalue weighted by Crippen LogP contribution is 2.44. The van der Waals surface area contributed by atoms with Crippen LogP contribution in [0, 0.1) is 0 Å². The third-order valence-corrected chi connectivity index (χ3v) is 3.45. The van der Waals surface area contributed by atoms with E-state index >= 15 is 0 Å². The van der Waals surface area contributed by atoms with E-state index in [0.29, 0.717) is 6.08 Å². The van der Waals surface area contributed by atoms with Gasteiger partial charge >= 0.3 is 32.9 Å². The van der Waals surface area contributed by atoms with Crippen LogP contribution in [0.1, 0.15) is 0 Å². The fraction of sp³-hybridized carbons (Fsp3) is 0.750. The molecule has 0 aromatic rings. The Balaban J connectivity index is 4.58. The van der Waals surface area contributed by atoms with E-state index in [-0.39, 0.29) is 6.08 Å². The monoisotopic (exact) mass is 452 g/mol. The molecule has 18 heteroatoms. The Kier molecular flexibility index (Phi) is 8.63. The van der Waals surface area contributed by atoms with Crippen molar-refractivity contribution in [1.82, 2.24) is 0 Å². The predicted octanol–water partition coefficient (Wildman–Crippen LogP) is 3.73. The maximum atomic E-state index is 12.9. The van der Waals surface area contributed by atoms with Crippen molar-refractivity contribution in [2.24, 2.45) is 0 Å². The molecule has 0 fully saturated rings. The first-order valence-corrected chi connectivity index (χ1v) is 7.66. The van der Waals surface area contributed by atoms with Gasteiger partial charge in [0.1, 0.15) is 12.0 Å².